The fourth-order valence-corrected chi connectivity index (χ4v) is 4.12. The lowest BCUT2D eigenvalue weighted by molar-refractivity contribution is 0.0367. The second-order valence-electron chi connectivity index (χ2n) is 5.94. The molecule has 102 valence electrons. The van der Waals surface area contributed by atoms with Gasteiger partial charge in [0, 0.05) is 18.0 Å². The SMILES string of the molecule is C#CCCC(NC)C1(N2CCCCC2)CCCC1. The number of nitrogens with one attached hydrogen (secondary N) is 1. The zero-order valence-electron chi connectivity index (χ0n) is 11.9. The highest BCUT2D eigenvalue weighted by molar-refractivity contribution is 5.05. The first-order valence-corrected chi connectivity index (χ1v) is 7.69. The Morgan fingerprint density at radius 2 is 1.83 bits per heavy atom. The molecular weight excluding hydrogens is 220 g/mol. The van der Waals surface area contributed by atoms with Crippen LogP contribution in [0.25, 0.3) is 0 Å². The van der Waals surface area contributed by atoms with Crippen LogP contribution in [0.3, 0.4) is 0 Å². The summed E-state index contributed by atoms with van der Waals surface area (Å²) < 4.78 is 0. The highest BCUT2D eigenvalue weighted by Gasteiger charge is 2.44. The summed E-state index contributed by atoms with van der Waals surface area (Å²) in [4.78, 5) is 2.79. The molecule has 0 aromatic heterocycles. The standard InChI is InChI=1S/C16H28N2/c1-3-4-10-15(17-2)16(11-6-7-12-16)18-13-8-5-9-14-18/h1,15,17H,4-14H2,2H3. The lowest BCUT2D eigenvalue weighted by Crippen LogP contribution is -2.60. The van der Waals surface area contributed by atoms with Crippen molar-refractivity contribution in [2.45, 2.75) is 69.4 Å². The van der Waals surface area contributed by atoms with E-state index < -0.39 is 0 Å². The summed E-state index contributed by atoms with van der Waals surface area (Å²) in [6.45, 7) is 2.60. The van der Waals surface area contributed by atoms with Gasteiger partial charge in [0.25, 0.3) is 0 Å². The van der Waals surface area contributed by atoms with Gasteiger partial charge in [-0.05, 0) is 52.2 Å². The fourth-order valence-electron chi connectivity index (χ4n) is 4.12. The van der Waals surface area contributed by atoms with Crippen molar-refractivity contribution in [3.8, 4) is 12.3 Å². The van der Waals surface area contributed by atoms with Gasteiger partial charge < -0.3 is 5.32 Å². The van der Waals surface area contributed by atoms with E-state index >= 15 is 0 Å². The van der Waals surface area contributed by atoms with Crippen molar-refractivity contribution in [3.05, 3.63) is 0 Å². The maximum absolute atomic E-state index is 5.46. The molecule has 0 spiro atoms. The van der Waals surface area contributed by atoms with Crippen LogP contribution in [0.15, 0.2) is 0 Å². The largest absolute Gasteiger partial charge is 0.315 e. The van der Waals surface area contributed by atoms with Gasteiger partial charge >= 0.3 is 0 Å². The van der Waals surface area contributed by atoms with E-state index in [4.69, 9.17) is 6.42 Å². The Labute approximate surface area is 113 Å². The molecule has 0 radical (unpaired) electrons. The van der Waals surface area contributed by atoms with Crippen molar-refractivity contribution in [2.75, 3.05) is 20.1 Å². The van der Waals surface area contributed by atoms with Gasteiger partial charge in [-0.3, -0.25) is 4.90 Å². The quantitative estimate of drug-likeness (QED) is 0.753. The number of nitrogens with zero attached hydrogens (tertiary/aromatic N) is 1. The molecule has 18 heavy (non-hydrogen) atoms. The predicted octanol–water partition coefficient (Wildman–Crippen LogP) is 2.79. The summed E-state index contributed by atoms with van der Waals surface area (Å²) in [5.74, 6) is 2.82. The van der Waals surface area contributed by atoms with Crippen molar-refractivity contribution in [1.29, 1.82) is 0 Å². The molecule has 1 N–H and O–H groups in total. The second kappa shape index (κ2) is 6.59. The summed E-state index contributed by atoms with van der Waals surface area (Å²) in [6, 6.07) is 0.578. The normalized spacial score (nSPS) is 25.8. The van der Waals surface area contributed by atoms with Crippen molar-refractivity contribution in [1.82, 2.24) is 10.2 Å². The zero-order valence-corrected chi connectivity index (χ0v) is 11.9. The van der Waals surface area contributed by atoms with Crippen molar-refractivity contribution in [3.63, 3.8) is 0 Å². The fraction of sp³-hybridized carbons (Fsp3) is 0.875. The highest BCUT2D eigenvalue weighted by atomic mass is 15.2. The average Bonchev–Trinajstić information content (AvgIpc) is 2.91. The molecule has 1 unspecified atom stereocenters. The number of rotatable bonds is 5. The summed E-state index contributed by atoms with van der Waals surface area (Å²) in [7, 11) is 2.12. The highest BCUT2D eigenvalue weighted by Crippen LogP contribution is 2.40. The molecular formula is C16H28N2. The summed E-state index contributed by atoms with van der Waals surface area (Å²) in [6.07, 6.45) is 17.2. The van der Waals surface area contributed by atoms with Crippen LogP contribution < -0.4 is 5.32 Å². The summed E-state index contributed by atoms with van der Waals surface area (Å²) in [5, 5.41) is 3.58. The Balaban J connectivity index is 2.10. The van der Waals surface area contributed by atoms with Crippen LogP contribution in [0.2, 0.25) is 0 Å². The van der Waals surface area contributed by atoms with Crippen LogP contribution in [0.4, 0.5) is 0 Å². The van der Waals surface area contributed by atoms with Gasteiger partial charge in [0.05, 0.1) is 0 Å². The Morgan fingerprint density at radius 1 is 1.17 bits per heavy atom. The smallest absolute Gasteiger partial charge is 0.0362 e. The van der Waals surface area contributed by atoms with E-state index in [9.17, 15) is 0 Å². The molecule has 1 saturated carbocycles. The van der Waals surface area contributed by atoms with E-state index in [1.807, 2.05) is 0 Å². The number of terminal acetylenes is 1. The van der Waals surface area contributed by atoms with E-state index in [1.165, 1.54) is 58.0 Å². The third-order valence-corrected chi connectivity index (χ3v) is 5.03. The van der Waals surface area contributed by atoms with Crippen molar-refractivity contribution < 1.29 is 0 Å². The third-order valence-electron chi connectivity index (χ3n) is 5.03. The van der Waals surface area contributed by atoms with Crippen LogP contribution in [0.5, 0.6) is 0 Å². The minimum Gasteiger partial charge on any atom is -0.315 e. The number of likely N-dealkylation sites (N-methyl/N-ethyl adjacent to an activating group) is 1. The van der Waals surface area contributed by atoms with Crippen molar-refractivity contribution in [2.24, 2.45) is 0 Å². The topological polar surface area (TPSA) is 15.3 Å². The number of piperidine rings is 1. The summed E-state index contributed by atoms with van der Waals surface area (Å²) >= 11 is 0. The first-order chi connectivity index (χ1) is 8.83. The Morgan fingerprint density at radius 3 is 2.39 bits per heavy atom. The average molecular weight is 248 g/mol. The van der Waals surface area contributed by atoms with Crippen LogP contribution in [0.1, 0.15) is 57.8 Å². The Hall–Kier alpha value is -0.520. The molecule has 1 saturated heterocycles. The maximum Gasteiger partial charge on any atom is 0.0362 e. The molecule has 1 aliphatic carbocycles. The minimum absolute atomic E-state index is 0.409. The Bertz CT molecular complexity index is 280. The molecule has 2 nitrogen and oxygen atoms in total. The Kier molecular flexibility index (Phi) is 5.09. The molecule has 0 amide bonds. The van der Waals surface area contributed by atoms with E-state index in [0.29, 0.717) is 11.6 Å². The molecule has 0 aromatic carbocycles. The number of hydrogen-bond acceptors (Lipinski definition) is 2. The molecule has 2 rings (SSSR count). The molecule has 1 aliphatic heterocycles. The van der Waals surface area contributed by atoms with E-state index in [0.717, 1.165) is 12.8 Å². The lowest BCUT2D eigenvalue weighted by atomic mass is 9.82. The van der Waals surface area contributed by atoms with Gasteiger partial charge in [-0.2, -0.15) is 0 Å². The molecule has 2 aliphatic rings. The van der Waals surface area contributed by atoms with Gasteiger partial charge in [-0.1, -0.05) is 19.3 Å². The van der Waals surface area contributed by atoms with E-state index in [1.54, 1.807) is 0 Å². The summed E-state index contributed by atoms with van der Waals surface area (Å²) in [5.41, 5.74) is 0.409. The van der Waals surface area contributed by atoms with Gasteiger partial charge in [0.2, 0.25) is 0 Å². The predicted molar refractivity (Wildman–Crippen MR) is 77.5 cm³/mol. The number of hydrogen-bond donors (Lipinski definition) is 1. The third kappa shape index (κ3) is 2.73. The number of likely N-dealkylation sites (tertiary alicyclic amines) is 1. The molecule has 0 aromatic rings. The maximum atomic E-state index is 5.46. The first kappa shape index (κ1) is 13.9. The van der Waals surface area contributed by atoms with Gasteiger partial charge in [0.15, 0.2) is 0 Å². The first-order valence-electron chi connectivity index (χ1n) is 7.69. The van der Waals surface area contributed by atoms with Gasteiger partial charge in [0.1, 0.15) is 0 Å². The van der Waals surface area contributed by atoms with Crippen LogP contribution >= 0.6 is 0 Å². The molecule has 2 fully saturated rings. The molecule has 1 atom stereocenters. The molecule has 0 bridgehead atoms. The second-order valence-corrected chi connectivity index (χ2v) is 5.94. The molecule has 2 heteroatoms. The minimum atomic E-state index is 0.409. The van der Waals surface area contributed by atoms with Crippen LogP contribution in [-0.2, 0) is 0 Å². The van der Waals surface area contributed by atoms with E-state index in [2.05, 4.69) is 23.2 Å². The van der Waals surface area contributed by atoms with Gasteiger partial charge in [-0.15, -0.1) is 12.3 Å². The van der Waals surface area contributed by atoms with Crippen LogP contribution in [-0.4, -0.2) is 36.6 Å². The van der Waals surface area contributed by atoms with Crippen LogP contribution in [0, 0.1) is 12.3 Å². The van der Waals surface area contributed by atoms with Crippen molar-refractivity contribution >= 4 is 0 Å². The van der Waals surface area contributed by atoms with E-state index in [-0.39, 0.29) is 0 Å². The van der Waals surface area contributed by atoms with Gasteiger partial charge in [-0.25, -0.2) is 0 Å². The zero-order chi connectivity index (χ0) is 12.8. The lowest BCUT2D eigenvalue weighted by Gasteiger charge is -2.48. The monoisotopic (exact) mass is 248 g/mol. The molecule has 1 heterocycles.